The van der Waals surface area contributed by atoms with Gasteiger partial charge in [0.15, 0.2) is 0 Å². The van der Waals surface area contributed by atoms with Crippen molar-refractivity contribution in [3.05, 3.63) is 0 Å². The number of rotatable bonds is 4. The van der Waals surface area contributed by atoms with Crippen molar-refractivity contribution in [2.45, 2.75) is 51.5 Å². The highest BCUT2D eigenvalue weighted by Gasteiger charge is 2.50. The van der Waals surface area contributed by atoms with Gasteiger partial charge in [-0.05, 0) is 64.2 Å². The van der Waals surface area contributed by atoms with E-state index in [1.807, 2.05) is 0 Å². The summed E-state index contributed by atoms with van der Waals surface area (Å²) < 4.78 is 0. The SMILES string of the molecule is CN1CCC(CN(C)C2(CN)CCCC2(C)C)CC1. The van der Waals surface area contributed by atoms with Gasteiger partial charge >= 0.3 is 0 Å². The molecule has 2 rings (SSSR count). The molecular weight excluding hydrogens is 234 g/mol. The molecule has 2 aliphatic rings. The van der Waals surface area contributed by atoms with Crippen LogP contribution in [0, 0.1) is 11.3 Å². The number of nitrogens with zero attached hydrogens (tertiary/aromatic N) is 2. The van der Waals surface area contributed by atoms with Crippen molar-refractivity contribution in [2.24, 2.45) is 17.1 Å². The second-order valence-electron chi connectivity index (χ2n) is 7.60. The van der Waals surface area contributed by atoms with Crippen LogP contribution in [-0.4, -0.2) is 55.6 Å². The lowest BCUT2D eigenvalue weighted by Crippen LogP contribution is -2.59. The van der Waals surface area contributed by atoms with Gasteiger partial charge in [0.2, 0.25) is 0 Å². The maximum atomic E-state index is 6.22. The van der Waals surface area contributed by atoms with Crippen molar-refractivity contribution in [1.82, 2.24) is 9.80 Å². The van der Waals surface area contributed by atoms with Crippen molar-refractivity contribution >= 4 is 0 Å². The van der Waals surface area contributed by atoms with Gasteiger partial charge in [-0.1, -0.05) is 20.3 Å². The number of hydrogen-bond acceptors (Lipinski definition) is 3. The predicted molar refractivity (Wildman–Crippen MR) is 82.3 cm³/mol. The van der Waals surface area contributed by atoms with E-state index in [9.17, 15) is 0 Å². The molecule has 3 heteroatoms. The van der Waals surface area contributed by atoms with Gasteiger partial charge in [0.1, 0.15) is 0 Å². The summed E-state index contributed by atoms with van der Waals surface area (Å²) in [5.41, 5.74) is 6.82. The van der Waals surface area contributed by atoms with Crippen LogP contribution in [0.3, 0.4) is 0 Å². The van der Waals surface area contributed by atoms with E-state index >= 15 is 0 Å². The van der Waals surface area contributed by atoms with Gasteiger partial charge in [0, 0.05) is 18.6 Å². The molecule has 3 nitrogen and oxygen atoms in total. The second kappa shape index (κ2) is 5.71. The molecule has 2 N–H and O–H groups in total. The molecule has 0 aromatic carbocycles. The van der Waals surface area contributed by atoms with E-state index in [2.05, 4.69) is 37.7 Å². The lowest BCUT2D eigenvalue weighted by atomic mass is 9.73. The van der Waals surface area contributed by atoms with E-state index in [1.54, 1.807) is 0 Å². The predicted octanol–water partition coefficient (Wildman–Crippen LogP) is 2.17. The monoisotopic (exact) mass is 267 g/mol. The topological polar surface area (TPSA) is 32.5 Å². The lowest BCUT2D eigenvalue weighted by molar-refractivity contribution is 0.0151. The molecule has 112 valence electrons. The van der Waals surface area contributed by atoms with Crippen molar-refractivity contribution in [2.75, 3.05) is 40.3 Å². The fourth-order valence-electron chi connectivity index (χ4n) is 4.44. The van der Waals surface area contributed by atoms with E-state index in [0.29, 0.717) is 5.41 Å². The summed E-state index contributed by atoms with van der Waals surface area (Å²) in [5, 5.41) is 0. The van der Waals surface area contributed by atoms with E-state index in [-0.39, 0.29) is 5.54 Å². The Morgan fingerprint density at radius 2 is 1.84 bits per heavy atom. The van der Waals surface area contributed by atoms with E-state index in [0.717, 1.165) is 12.5 Å². The first kappa shape index (κ1) is 15.3. The molecule has 0 bridgehead atoms. The van der Waals surface area contributed by atoms with Gasteiger partial charge < -0.3 is 10.6 Å². The Labute approximate surface area is 119 Å². The van der Waals surface area contributed by atoms with Gasteiger partial charge in [0.25, 0.3) is 0 Å². The Hall–Kier alpha value is -0.120. The third kappa shape index (κ3) is 2.84. The molecule has 1 aliphatic heterocycles. The summed E-state index contributed by atoms with van der Waals surface area (Å²) in [7, 11) is 4.56. The maximum absolute atomic E-state index is 6.22. The molecule has 1 unspecified atom stereocenters. The fraction of sp³-hybridized carbons (Fsp3) is 1.00. The molecule has 1 saturated heterocycles. The summed E-state index contributed by atoms with van der Waals surface area (Å²) in [6, 6.07) is 0. The first-order valence-electron chi connectivity index (χ1n) is 8.01. The summed E-state index contributed by atoms with van der Waals surface area (Å²) >= 11 is 0. The molecule has 0 radical (unpaired) electrons. The number of hydrogen-bond donors (Lipinski definition) is 1. The summed E-state index contributed by atoms with van der Waals surface area (Å²) in [6.07, 6.45) is 6.63. The van der Waals surface area contributed by atoms with Crippen LogP contribution < -0.4 is 5.73 Å². The Morgan fingerprint density at radius 1 is 1.21 bits per heavy atom. The van der Waals surface area contributed by atoms with Gasteiger partial charge in [-0.15, -0.1) is 0 Å². The average molecular weight is 267 g/mol. The van der Waals surface area contributed by atoms with E-state index < -0.39 is 0 Å². The highest BCUT2D eigenvalue weighted by atomic mass is 15.2. The minimum Gasteiger partial charge on any atom is -0.329 e. The van der Waals surface area contributed by atoms with Crippen LogP contribution in [0.2, 0.25) is 0 Å². The molecule has 1 heterocycles. The van der Waals surface area contributed by atoms with Crippen LogP contribution in [0.4, 0.5) is 0 Å². The number of likely N-dealkylation sites (N-methyl/N-ethyl adjacent to an activating group) is 1. The Morgan fingerprint density at radius 3 is 2.32 bits per heavy atom. The standard InChI is InChI=1S/C16H33N3/c1-15(2)8-5-9-16(15,13-17)19(4)12-14-6-10-18(3)11-7-14/h14H,5-13,17H2,1-4H3. The molecule has 0 spiro atoms. The molecule has 2 fully saturated rings. The number of likely N-dealkylation sites (tertiary alicyclic amines) is 1. The smallest absolute Gasteiger partial charge is 0.0379 e. The maximum Gasteiger partial charge on any atom is 0.0379 e. The highest BCUT2D eigenvalue weighted by molar-refractivity contribution is 5.06. The largest absolute Gasteiger partial charge is 0.329 e. The van der Waals surface area contributed by atoms with Crippen LogP contribution in [-0.2, 0) is 0 Å². The van der Waals surface area contributed by atoms with Gasteiger partial charge in [-0.25, -0.2) is 0 Å². The molecule has 0 aromatic heterocycles. The van der Waals surface area contributed by atoms with Crippen molar-refractivity contribution in [1.29, 1.82) is 0 Å². The molecule has 19 heavy (non-hydrogen) atoms. The fourth-order valence-corrected chi connectivity index (χ4v) is 4.44. The highest BCUT2D eigenvalue weighted by Crippen LogP contribution is 2.48. The first-order valence-corrected chi connectivity index (χ1v) is 8.01. The van der Waals surface area contributed by atoms with Crippen molar-refractivity contribution < 1.29 is 0 Å². The first-order chi connectivity index (χ1) is 8.91. The van der Waals surface area contributed by atoms with Crippen LogP contribution >= 0.6 is 0 Å². The third-order valence-electron chi connectivity index (χ3n) is 6.09. The zero-order valence-electron chi connectivity index (χ0n) is 13.4. The minimum absolute atomic E-state index is 0.232. The molecule has 1 aliphatic carbocycles. The minimum atomic E-state index is 0.232. The van der Waals surface area contributed by atoms with Crippen molar-refractivity contribution in [3.63, 3.8) is 0 Å². The summed E-state index contributed by atoms with van der Waals surface area (Å²) in [6.45, 7) is 9.39. The van der Waals surface area contributed by atoms with Crippen LogP contribution in [0.5, 0.6) is 0 Å². The normalized spacial score (nSPS) is 33.2. The van der Waals surface area contributed by atoms with E-state index in [4.69, 9.17) is 5.73 Å². The molecule has 0 amide bonds. The summed E-state index contributed by atoms with van der Waals surface area (Å²) in [5.74, 6) is 0.862. The van der Waals surface area contributed by atoms with Crippen LogP contribution in [0.15, 0.2) is 0 Å². The van der Waals surface area contributed by atoms with Gasteiger partial charge in [-0.3, -0.25) is 4.90 Å². The average Bonchev–Trinajstić information content (AvgIpc) is 2.68. The number of piperidine rings is 1. The zero-order chi connectivity index (χ0) is 14.1. The second-order valence-corrected chi connectivity index (χ2v) is 7.60. The van der Waals surface area contributed by atoms with Gasteiger partial charge in [0.05, 0.1) is 0 Å². The number of nitrogens with two attached hydrogens (primary N) is 1. The Balaban J connectivity index is 1.99. The van der Waals surface area contributed by atoms with Gasteiger partial charge in [-0.2, -0.15) is 0 Å². The quantitative estimate of drug-likeness (QED) is 0.847. The lowest BCUT2D eigenvalue weighted by Gasteiger charge is -2.49. The van der Waals surface area contributed by atoms with Crippen molar-refractivity contribution in [3.8, 4) is 0 Å². The van der Waals surface area contributed by atoms with E-state index in [1.165, 1.54) is 51.7 Å². The van der Waals surface area contributed by atoms with Crippen LogP contribution in [0.25, 0.3) is 0 Å². The molecule has 0 aromatic rings. The Bertz CT molecular complexity index is 294. The van der Waals surface area contributed by atoms with Crippen LogP contribution in [0.1, 0.15) is 46.0 Å². The molecule has 1 atom stereocenters. The Kier molecular flexibility index (Phi) is 4.59. The molecule has 1 saturated carbocycles. The third-order valence-corrected chi connectivity index (χ3v) is 6.09. The zero-order valence-corrected chi connectivity index (χ0v) is 13.4. The molecular formula is C16H33N3. The summed E-state index contributed by atoms with van der Waals surface area (Å²) in [4.78, 5) is 5.07.